The van der Waals surface area contributed by atoms with E-state index in [0.717, 1.165) is 50.3 Å². The van der Waals surface area contributed by atoms with Crippen molar-refractivity contribution in [2.45, 2.75) is 6.54 Å². The summed E-state index contributed by atoms with van der Waals surface area (Å²) in [5.74, 6) is 0.828. The van der Waals surface area contributed by atoms with Crippen LogP contribution in [0.4, 0.5) is 5.69 Å². The molecule has 1 fully saturated rings. The summed E-state index contributed by atoms with van der Waals surface area (Å²) in [5.41, 5.74) is 3.43. The van der Waals surface area contributed by atoms with Gasteiger partial charge in [0.25, 0.3) is 0 Å². The highest BCUT2D eigenvalue weighted by Crippen LogP contribution is 2.23. The van der Waals surface area contributed by atoms with E-state index in [2.05, 4.69) is 39.2 Å². The van der Waals surface area contributed by atoms with Gasteiger partial charge in [-0.15, -0.1) is 0 Å². The smallest absolute Gasteiger partial charge is 0.151 e. The maximum Gasteiger partial charge on any atom is 0.151 e. The number of para-hydroxylation sites is 1. The Labute approximate surface area is 152 Å². The lowest BCUT2D eigenvalue weighted by atomic mass is 10.1. The summed E-state index contributed by atoms with van der Waals surface area (Å²) in [5, 5.41) is 4.15. The second-order valence-electron chi connectivity index (χ2n) is 6.48. The standard InChI is InChI=1S/C21H21N3O2/c25-16-17-6-4-5-9-20(17)21-14-19(26-22-21)15-23-10-12-24(13-11-23)18-7-2-1-3-8-18/h1-9,14,16H,10-13,15H2. The van der Waals surface area contributed by atoms with Gasteiger partial charge in [-0.05, 0) is 12.1 Å². The summed E-state index contributed by atoms with van der Waals surface area (Å²) in [6.07, 6.45) is 0.854. The fourth-order valence-electron chi connectivity index (χ4n) is 3.37. The lowest BCUT2D eigenvalue weighted by molar-refractivity contribution is 0.112. The zero-order valence-electron chi connectivity index (χ0n) is 14.5. The van der Waals surface area contributed by atoms with Crippen LogP contribution in [0.25, 0.3) is 11.3 Å². The lowest BCUT2D eigenvalue weighted by Crippen LogP contribution is -2.45. The van der Waals surface area contributed by atoms with Crippen LogP contribution in [0.2, 0.25) is 0 Å². The molecular weight excluding hydrogens is 326 g/mol. The molecule has 0 spiro atoms. The Balaban J connectivity index is 1.39. The van der Waals surface area contributed by atoms with Crippen molar-refractivity contribution in [3.8, 4) is 11.3 Å². The third-order valence-electron chi connectivity index (χ3n) is 4.80. The van der Waals surface area contributed by atoms with Crippen LogP contribution >= 0.6 is 0 Å². The highest BCUT2D eigenvalue weighted by molar-refractivity contribution is 5.86. The molecule has 26 heavy (non-hydrogen) atoms. The monoisotopic (exact) mass is 347 g/mol. The average molecular weight is 347 g/mol. The van der Waals surface area contributed by atoms with E-state index >= 15 is 0 Å². The fraction of sp³-hybridized carbons (Fsp3) is 0.238. The van der Waals surface area contributed by atoms with E-state index in [9.17, 15) is 4.79 Å². The Morgan fingerprint density at radius 3 is 2.46 bits per heavy atom. The van der Waals surface area contributed by atoms with Crippen molar-refractivity contribution in [1.29, 1.82) is 0 Å². The number of nitrogens with zero attached hydrogens (tertiary/aromatic N) is 3. The van der Waals surface area contributed by atoms with Crippen LogP contribution in [0.5, 0.6) is 0 Å². The highest BCUT2D eigenvalue weighted by atomic mass is 16.5. The Bertz CT molecular complexity index is 868. The van der Waals surface area contributed by atoms with Crippen LogP contribution in [-0.4, -0.2) is 42.5 Å². The largest absolute Gasteiger partial charge is 0.369 e. The minimum absolute atomic E-state index is 0.629. The van der Waals surface area contributed by atoms with Gasteiger partial charge in [0, 0.05) is 49.1 Å². The summed E-state index contributed by atoms with van der Waals surface area (Å²) in [4.78, 5) is 16.0. The first-order valence-corrected chi connectivity index (χ1v) is 8.86. The lowest BCUT2D eigenvalue weighted by Gasteiger charge is -2.35. The van der Waals surface area contributed by atoms with Crippen molar-refractivity contribution < 1.29 is 9.32 Å². The number of benzene rings is 2. The third-order valence-corrected chi connectivity index (χ3v) is 4.80. The van der Waals surface area contributed by atoms with Crippen molar-refractivity contribution in [3.63, 3.8) is 0 Å². The second-order valence-corrected chi connectivity index (χ2v) is 6.48. The Kier molecular flexibility index (Phi) is 4.80. The van der Waals surface area contributed by atoms with Gasteiger partial charge >= 0.3 is 0 Å². The minimum atomic E-state index is 0.629. The van der Waals surface area contributed by atoms with E-state index in [0.29, 0.717) is 11.3 Å². The van der Waals surface area contributed by atoms with Crippen molar-refractivity contribution in [3.05, 3.63) is 72.0 Å². The van der Waals surface area contributed by atoms with E-state index in [-0.39, 0.29) is 0 Å². The molecule has 0 unspecified atom stereocenters. The van der Waals surface area contributed by atoms with Gasteiger partial charge in [-0.25, -0.2) is 0 Å². The van der Waals surface area contributed by atoms with Crippen LogP contribution in [-0.2, 0) is 6.54 Å². The van der Waals surface area contributed by atoms with Gasteiger partial charge in [-0.1, -0.05) is 47.6 Å². The topological polar surface area (TPSA) is 49.6 Å². The first-order chi connectivity index (χ1) is 12.8. The summed E-state index contributed by atoms with van der Waals surface area (Å²) in [6.45, 7) is 4.70. The molecule has 5 heteroatoms. The van der Waals surface area contributed by atoms with E-state index in [1.165, 1.54) is 5.69 Å². The SMILES string of the molecule is O=Cc1ccccc1-c1cc(CN2CCN(c3ccccc3)CC2)on1. The summed E-state index contributed by atoms with van der Waals surface area (Å²) < 4.78 is 5.51. The van der Waals surface area contributed by atoms with Crippen LogP contribution in [0.1, 0.15) is 16.1 Å². The number of carbonyl (C=O) groups is 1. The van der Waals surface area contributed by atoms with Crippen molar-refractivity contribution in [1.82, 2.24) is 10.1 Å². The maximum absolute atomic E-state index is 11.2. The fourth-order valence-corrected chi connectivity index (χ4v) is 3.37. The van der Waals surface area contributed by atoms with Gasteiger partial charge in [-0.3, -0.25) is 9.69 Å². The molecule has 0 aliphatic carbocycles. The number of carbonyl (C=O) groups excluding carboxylic acids is 1. The van der Waals surface area contributed by atoms with Gasteiger partial charge in [0.05, 0.1) is 6.54 Å². The van der Waals surface area contributed by atoms with Crippen LogP contribution < -0.4 is 4.90 Å². The number of anilines is 1. The first-order valence-electron chi connectivity index (χ1n) is 8.86. The Hall–Kier alpha value is -2.92. The molecule has 2 heterocycles. The van der Waals surface area contributed by atoms with E-state index in [4.69, 9.17) is 4.52 Å². The molecule has 0 N–H and O–H groups in total. The van der Waals surface area contributed by atoms with Gasteiger partial charge < -0.3 is 9.42 Å². The molecule has 0 atom stereocenters. The molecule has 0 radical (unpaired) electrons. The molecule has 1 aliphatic heterocycles. The van der Waals surface area contributed by atoms with Gasteiger partial charge in [0.1, 0.15) is 5.69 Å². The highest BCUT2D eigenvalue weighted by Gasteiger charge is 2.19. The molecule has 2 aromatic carbocycles. The van der Waals surface area contributed by atoms with Crippen molar-refractivity contribution in [2.75, 3.05) is 31.1 Å². The van der Waals surface area contributed by atoms with Crippen LogP contribution in [0.15, 0.2) is 65.2 Å². The molecule has 4 rings (SSSR count). The zero-order chi connectivity index (χ0) is 17.8. The van der Waals surface area contributed by atoms with Crippen molar-refractivity contribution >= 4 is 12.0 Å². The number of hydrogen-bond acceptors (Lipinski definition) is 5. The quantitative estimate of drug-likeness (QED) is 0.662. The molecule has 0 amide bonds. The predicted molar refractivity (Wildman–Crippen MR) is 101 cm³/mol. The van der Waals surface area contributed by atoms with Crippen molar-refractivity contribution in [2.24, 2.45) is 0 Å². The third kappa shape index (κ3) is 3.53. The van der Waals surface area contributed by atoms with Gasteiger partial charge in [0.2, 0.25) is 0 Å². The molecule has 1 aromatic heterocycles. The minimum Gasteiger partial charge on any atom is -0.369 e. The van der Waals surface area contributed by atoms with E-state index < -0.39 is 0 Å². The molecule has 3 aromatic rings. The summed E-state index contributed by atoms with van der Waals surface area (Å²) in [6, 6.07) is 19.9. The van der Waals surface area contributed by atoms with Crippen LogP contribution in [0, 0.1) is 0 Å². The Morgan fingerprint density at radius 2 is 1.69 bits per heavy atom. The van der Waals surface area contributed by atoms with E-state index in [1.807, 2.05) is 30.3 Å². The summed E-state index contributed by atoms with van der Waals surface area (Å²) >= 11 is 0. The first kappa shape index (κ1) is 16.5. The number of aromatic nitrogens is 1. The van der Waals surface area contributed by atoms with Gasteiger partial charge in [0.15, 0.2) is 12.0 Å². The van der Waals surface area contributed by atoms with E-state index in [1.54, 1.807) is 6.07 Å². The molecular formula is C21H21N3O2. The normalized spacial score (nSPS) is 15.2. The van der Waals surface area contributed by atoms with Crippen LogP contribution in [0.3, 0.4) is 0 Å². The summed E-state index contributed by atoms with van der Waals surface area (Å²) in [7, 11) is 0. The molecule has 1 saturated heterocycles. The van der Waals surface area contributed by atoms with Gasteiger partial charge in [-0.2, -0.15) is 0 Å². The number of hydrogen-bond donors (Lipinski definition) is 0. The molecule has 0 bridgehead atoms. The number of aldehydes is 1. The predicted octanol–water partition coefficient (Wildman–Crippen LogP) is 3.48. The number of rotatable bonds is 5. The molecule has 0 saturated carbocycles. The molecule has 132 valence electrons. The Morgan fingerprint density at radius 1 is 0.962 bits per heavy atom. The maximum atomic E-state index is 11.2. The number of piperazine rings is 1. The molecule has 1 aliphatic rings. The molecule has 5 nitrogen and oxygen atoms in total. The zero-order valence-corrected chi connectivity index (χ0v) is 14.5. The average Bonchev–Trinajstić information content (AvgIpc) is 3.17. The second kappa shape index (κ2) is 7.54.